The molecule has 3 heterocycles. The van der Waals surface area contributed by atoms with Gasteiger partial charge in [-0.1, -0.05) is 6.07 Å². The maximum atomic E-state index is 5.55. The van der Waals surface area contributed by atoms with E-state index in [1.165, 1.54) is 0 Å². The van der Waals surface area contributed by atoms with Gasteiger partial charge >= 0.3 is 0 Å². The number of nitrogens with one attached hydrogen (secondary N) is 1. The number of hydrogen-bond donors (Lipinski definition) is 1. The average molecular weight is 404 g/mol. The molecule has 0 bridgehead atoms. The quantitative estimate of drug-likeness (QED) is 0.524. The molecule has 152 valence electrons. The monoisotopic (exact) mass is 404 g/mol. The van der Waals surface area contributed by atoms with Gasteiger partial charge in [0.15, 0.2) is 17.1 Å². The molecule has 2 aromatic carbocycles. The zero-order valence-corrected chi connectivity index (χ0v) is 16.6. The van der Waals surface area contributed by atoms with Gasteiger partial charge in [0, 0.05) is 18.2 Å². The molecule has 1 aliphatic heterocycles. The van der Waals surface area contributed by atoms with E-state index in [4.69, 9.17) is 24.0 Å². The lowest BCUT2D eigenvalue weighted by molar-refractivity contribution is 0.174. The average Bonchev–Trinajstić information content (AvgIpc) is 3.43. The summed E-state index contributed by atoms with van der Waals surface area (Å²) in [6.07, 6.45) is 1.79. The van der Waals surface area contributed by atoms with Crippen LogP contribution in [0, 0.1) is 0 Å². The van der Waals surface area contributed by atoms with Crippen LogP contribution in [0.5, 0.6) is 23.0 Å². The molecule has 30 heavy (non-hydrogen) atoms. The third-order valence-corrected chi connectivity index (χ3v) is 4.96. The molecule has 0 radical (unpaired) electrons. The normalized spacial score (nSPS) is 12.2. The minimum absolute atomic E-state index is 0.267. The Hall–Kier alpha value is -3.94. The number of anilines is 1. The fourth-order valence-electron chi connectivity index (χ4n) is 3.40. The van der Waals surface area contributed by atoms with Crippen LogP contribution in [0.2, 0.25) is 0 Å². The predicted octanol–water partition coefficient (Wildman–Crippen LogP) is 3.75. The zero-order valence-electron chi connectivity index (χ0n) is 16.6. The second kappa shape index (κ2) is 7.47. The molecule has 0 saturated heterocycles. The number of aromatic nitrogens is 3. The summed E-state index contributed by atoms with van der Waals surface area (Å²) in [5, 5.41) is 8.07. The topological polar surface area (TPSA) is 79.1 Å². The van der Waals surface area contributed by atoms with Gasteiger partial charge in [-0.25, -0.2) is 9.50 Å². The van der Waals surface area contributed by atoms with Gasteiger partial charge in [0.2, 0.25) is 6.79 Å². The Bertz CT molecular complexity index is 1220. The predicted molar refractivity (Wildman–Crippen MR) is 111 cm³/mol. The minimum Gasteiger partial charge on any atom is -0.497 e. The van der Waals surface area contributed by atoms with Crippen molar-refractivity contribution >= 4 is 11.5 Å². The van der Waals surface area contributed by atoms with Gasteiger partial charge in [-0.15, -0.1) is 5.10 Å². The van der Waals surface area contributed by atoms with Crippen molar-refractivity contribution in [1.29, 1.82) is 0 Å². The van der Waals surface area contributed by atoms with Crippen LogP contribution in [0.1, 0.15) is 5.56 Å². The van der Waals surface area contributed by atoms with Crippen molar-refractivity contribution in [2.75, 3.05) is 26.3 Å². The number of rotatable bonds is 6. The highest BCUT2D eigenvalue weighted by Crippen LogP contribution is 2.34. The highest BCUT2D eigenvalue weighted by atomic mass is 16.7. The van der Waals surface area contributed by atoms with E-state index in [1.54, 1.807) is 24.9 Å². The van der Waals surface area contributed by atoms with E-state index in [0.29, 0.717) is 12.3 Å². The van der Waals surface area contributed by atoms with Crippen molar-refractivity contribution in [1.82, 2.24) is 14.6 Å². The van der Waals surface area contributed by atoms with E-state index in [0.717, 1.165) is 45.5 Å². The van der Waals surface area contributed by atoms with Crippen molar-refractivity contribution in [2.45, 2.75) is 6.54 Å². The number of hydrogen-bond acceptors (Lipinski definition) is 7. The minimum atomic E-state index is 0.267. The number of ether oxygens (including phenoxy) is 4. The molecule has 0 atom stereocenters. The molecule has 4 aromatic rings. The highest BCUT2D eigenvalue weighted by molar-refractivity contribution is 5.71. The van der Waals surface area contributed by atoms with Gasteiger partial charge in [0.25, 0.3) is 0 Å². The first-order chi connectivity index (χ1) is 14.7. The molecule has 0 saturated carbocycles. The fraction of sp³-hybridized carbons (Fsp3) is 0.182. The molecule has 2 aromatic heterocycles. The summed E-state index contributed by atoms with van der Waals surface area (Å²) in [4.78, 5) is 4.47. The number of benzene rings is 2. The lowest BCUT2D eigenvalue weighted by Crippen LogP contribution is -2.05. The molecule has 8 heteroatoms. The van der Waals surface area contributed by atoms with Gasteiger partial charge in [-0.2, -0.15) is 0 Å². The summed E-state index contributed by atoms with van der Waals surface area (Å²) in [5.74, 6) is 3.68. The first kappa shape index (κ1) is 18.1. The van der Waals surface area contributed by atoms with E-state index >= 15 is 0 Å². The lowest BCUT2D eigenvalue weighted by Gasteiger charge is -2.11. The van der Waals surface area contributed by atoms with E-state index in [9.17, 15) is 0 Å². The van der Waals surface area contributed by atoms with Crippen molar-refractivity contribution in [2.24, 2.45) is 0 Å². The Kier molecular flexibility index (Phi) is 4.51. The van der Waals surface area contributed by atoms with Crippen LogP contribution in [0.25, 0.3) is 16.9 Å². The molecule has 8 nitrogen and oxygen atoms in total. The summed E-state index contributed by atoms with van der Waals surface area (Å²) >= 11 is 0. The molecule has 0 amide bonds. The second-order valence-corrected chi connectivity index (χ2v) is 6.74. The van der Waals surface area contributed by atoms with Crippen LogP contribution in [0.4, 0.5) is 5.82 Å². The molecule has 1 aliphatic rings. The number of methoxy groups -OCH3 is 2. The lowest BCUT2D eigenvalue weighted by atomic mass is 10.1. The molecule has 0 fully saturated rings. The third-order valence-electron chi connectivity index (χ3n) is 4.96. The molecule has 0 unspecified atom stereocenters. The summed E-state index contributed by atoms with van der Waals surface area (Å²) in [6.45, 7) is 0.869. The Balaban J connectivity index is 1.43. The number of imidazole rings is 1. The van der Waals surface area contributed by atoms with E-state index in [1.807, 2.05) is 48.5 Å². The van der Waals surface area contributed by atoms with Crippen molar-refractivity contribution in [3.8, 4) is 34.3 Å². The fourth-order valence-corrected chi connectivity index (χ4v) is 3.40. The SMILES string of the molecule is COc1ccc(-c2cnc3ccc(NCc4ccc5c(c4)OCO5)nn23)c(OC)c1. The van der Waals surface area contributed by atoms with Crippen LogP contribution < -0.4 is 24.3 Å². The first-order valence-electron chi connectivity index (χ1n) is 9.45. The zero-order chi connectivity index (χ0) is 20.5. The van der Waals surface area contributed by atoms with Gasteiger partial charge in [-0.3, -0.25) is 0 Å². The summed E-state index contributed by atoms with van der Waals surface area (Å²) in [5.41, 5.74) is 3.53. The van der Waals surface area contributed by atoms with Crippen LogP contribution in [0.3, 0.4) is 0 Å². The summed E-state index contributed by atoms with van der Waals surface area (Å²) in [7, 11) is 3.26. The van der Waals surface area contributed by atoms with Crippen LogP contribution in [0.15, 0.2) is 54.7 Å². The molecule has 5 rings (SSSR count). The van der Waals surface area contributed by atoms with Crippen molar-refractivity contribution < 1.29 is 18.9 Å². The Morgan fingerprint density at radius 2 is 1.90 bits per heavy atom. The van der Waals surface area contributed by atoms with Gasteiger partial charge in [-0.05, 0) is 42.0 Å². The maximum absolute atomic E-state index is 5.55. The largest absolute Gasteiger partial charge is 0.497 e. The van der Waals surface area contributed by atoms with E-state index < -0.39 is 0 Å². The van der Waals surface area contributed by atoms with Crippen LogP contribution >= 0.6 is 0 Å². The van der Waals surface area contributed by atoms with Gasteiger partial charge in [0.1, 0.15) is 17.3 Å². The van der Waals surface area contributed by atoms with Gasteiger partial charge in [0.05, 0.1) is 26.1 Å². The molecule has 0 aliphatic carbocycles. The van der Waals surface area contributed by atoms with Crippen molar-refractivity contribution in [3.63, 3.8) is 0 Å². The second-order valence-electron chi connectivity index (χ2n) is 6.74. The molecular weight excluding hydrogens is 384 g/mol. The number of fused-ring (bicyclic) bond motifs is 2. The van der Waals surface area contributed by atoms with E-state index in [-0.39, 0.29) is 6.79 Å². The Labute approximate surface area is 173 Å². The smallest absolute Gasteiger partial charge is 0.231 e. The van der Waals surface area contributed by atoms with Crippen molar-refractivity contribution in [3.05, 3.63) is 60.3 Å². The van der Waals surface area contributed by atoms with Crippen LogP contribution in [-0.4, -0.2) is 35.6 Å². The molecular formula is C22H20N4O4. The van der Waals surface area contributed by atoms with Crippen LogP contribution in [-0.2, 0) is 6.54 Å². The Morgan fingerprint density at radius 3 is 2.77 bits per heavy atom. The number of nitrogens with zero attached hydrogens (tertiary/aromatic N) is 3. The molecule has 1 N–H and O–H groups in total. The summed E-state index contributed by atoms with van der Waals surface area (Å²) < 4.78 is 23.4. The summed E-state index contributed by atoms with van der Waals surface area (Å²) in [6, 6.07) is 15.4. The van der Waals surface area contributed by atoms with Gasteiger partial charge < -0.3 is 24.3 Å². The molecule has 0 spiro atoms. The maximum Gasteiger partial charge on any atom is 0.231 e. The highest BCUT2D eigenvalue weighted by Gasteiger charge is 2.15. The van der Waals surface area contributed by atoms with E-state index in [2.05, 4.69) is 10.3 Å². The standard InChI is InChI=1S/C22H20N4O4/c1-27-15-4-5-16(19(10-15)28-2)17-12-24-22-8-7-21(25-26(17)22)23-11-14-3-6-18-20(9-14)30-13-29-18/h3-10,12H,11,13H2,1-2H3,(H,23,25). The first-order valence-corrected chi connectivity index (χ1v) is 9.45. The Morgan fingerprint density at radius 1 is 1.00 bits per heavy atom. The third kappa shape index (κ3) is 3.22.